The summed E-state index contributed by atoms with van der Waals surface area (Å²) >= 11 is 0. The molecule has 29 heteroatoms. The first kappa shape index (κ1) is 67.7. The predicted octanol–water partition coefficient (Wildman–Crippen LogP) is -2.65. The zero-order valence-electron chi connectivity index (χ0n) is 47.9. The Morgan fingerprint density at radius 1 is 0.600 bits per heavy atom. The molecular formula is C56H78N16O13. The number of aromatic hydroxyl groups is 1. The minimum absolute atomic E-state index is 0.00486. The number of nitrogens with one attached hydrogen (secondary N) is 14. The van der Waals surface area contributed by atoms with Crippen LogP contribution in [0.25, 0.3) is 10.9 Å². The standard InChI is InChI=1S/C56H78N16O13/c1-30(2)24-41(51(81)66-39(16-11-22-62-55(59)60-5)50(80)67-40(48(58)78)27-35-29-63-38-15-10-9-14-37(35)38)69-56(85)72-71-53(83)43(25-33-12-7-6-8-13-33)68-54(84)47(31(3)73)70-52(82)44(28-45(57)76)65-46(77)21-23-61-49(79)42(64-32(4)74)26-34-17-19-36(75)20-18-34/h6-10,12-15,17-20,29-31,39-44,47,63,73,75H,11,16,21-28H2,1-5H3,(H2,57,76)(H2,58,78)(H,61,79)(H,64,74)(H,65,77)(H,66,81)(H,67,80)(H,68,84)(H,70,82)(H,71,83)(H3,59,60,62)(H2,69,72,85)/t31-,39+,40+,41+,42-,43+,44+,47?/m1/s1. The number of nitrogens with two attached hydrogens (primary N) is 2. The number of hydrogen-bond donors (Lipinski definition) is 18. The molecule has 0 bridgehead atoms. The Balaban J connectivity index is 1.43. The fourth-order valence-corrected chi connectivity index (χ4v) is 8.67. The molecule has 0 fully saturated rings. The third-order valence-electron chi connectivity index (χ3n) is 13.0. The van der Waals surface area contributed by atoms with Crippen LogP contribution >= 0.6 is 0 Å². The average molecular weight is 1180 g/mol. The van der Waals surface area contributed by atoms with E-state index in [1.807, 2.05) is 24.3 Å². The number of aromatic nitrogens is 1. The molecule has 29 nitrogen and oxygen atoms in total. The molecule has 0 radical (unpaired) electrons. The van der Waals surface area contributed by atoms with Crippen LogP contribution in [0.2, 0.25) is 0 Å². The second-order valence-electron chi connectivity index (χ2n) is 20.5. The molecule has 1 heterocycles. The third kappa shape index (κ3) is 23.5. The lowest BCUT2D eigenvalue weighted by atomic mass is 10.0. The molecule has 0 saturated carbocycles. The molecule has 0 aliphatic carbocycles. The summed E-state index contributed by atoms with van der Waals surface area (Å²) < 4.78 is 0. The van der Waals surface area contributed by atoms with Crippen LogP contribution in [0.1, 0.15) is 76.5 Å². The molecule has 4 aromatic rings. The molecule has 1 aromatic heterocycles. The van der Waals surface area contributed by atoms with E-state index < -0.39 is 126 Å². The number of carbonyl (C=O) groups is 11. The van der Waals surface area contributed by atoms with Gasteiger partial charge in [-0.3, -0.25) is 58.8 Å². The highest BCUT2D eigenvalue weighted by molar-refractivity contribution is 5.98. The number of aliphatic hydroxyl groups is 1. The van der Waals surface area contributed by atoms with Gasteiger partial charge >= 0.3 is 6.03 Å². The summed E-state index contributed by atoms with van der Waals surface area (Å²) in [5.74, 6) is -8.96. The highest BCUT2D eigenvalue weighted by Crippen LogP contribution is 2.20. The van der Waals surface area contributed by atoms with E-state index in [-0.39, 0.29) is 69.2 Å². The van der Waals surface area contributed by atoms with Crippen molar-refractivity contribution >= 4 is 82.0 Å². The third-order valence-corrected chi connectivity index (χ3v) is 13.0. The number of hydrazine groups is 1. The SMILES string of the molecule is CNC(=N)NCCC[C@H](NC(=O)[C@H](CC(C)C)NC(=O)NNC(=O)[C@H](Cc1ccccc1)NC(=O)C(NC(=O)[C@H](CC(N)=O)NC(=O)CCNC(=O)[C@@H](Cc1ccc(O)cc1)NC(C)=O)[C@@H](C)O)C(=O)N[C@@H](Cc1c[nH]c2ccccc12)C(N)=O. The Bertz CT molecular complexity index is 2970. The monoisotopic (exact) mass is 1180 g/mol. The van der Waals surface area contributed by atoms with Gasteiger partial charge < -0.3 is 79.8 Å². The van der Waals surface area contributed by atoms with E-state index in [1.54, 1.807) is 69.6 Å². The fraction of sp³-hybridized carbons (Fsp3) is 0.429. The first-order valence-corrected chi connectivity index (χ1v) is 27.4. The summed E-state index contributed by atoms with van der Waals surface area (Å²) in [5, 5.41) is 54.4. The van der Waals surface area contributed by atoms with Gasteiger partial charge in [0, 0.05) is 69.8 Å². The van der Waals surface area contributed by atoms with Crippen molar-refractivity contribution < 1.29 is 63.0 Å². The number of fused-ring (bicyclic) bond motifs is 1. The fourth-order valence-electron chi connectivity index (χ4n) is 8.67. The minimum atomic E-state index is -1.83. The Morgan fingerprint density at radius 3 is 1.82 bits per heavy atom. The van der Waals surface area contributed by atoms with Crippen LogP contribution in [0.4, 0.5) is 4.79 Å². The first-order valence-electron chi connectivity index (χ1n) is 27.4. The van der Waals surface area contributed by atoms with Crippen molar-refractivity contribution in [1.82, 2.24) is 69.0 Å². The highest BCUT2D eigenvalue weighted by atomic mass is 16.3. The minimum Gasteiger partial charge on any atom is -0.508 e. The maximum absolute atomic E-state index is 14.1. The second-order valence-corrected chi connectivity index (χ2v) is 20.5. The van der Waals surface area contributed by atoms with Crippen LogP contribution in [-0.2, 0) is 67.2 Å². The smallest absolute Gasteiger partial charge is 0.334 e. The Hall–Kier alpha value is -9.80. The number of rotatable bonds is 32. The number of hydrogen-bond acceptors (Lipinski definition) is 14. The summed E-state index contributed by atoms with van der Waals surface area (Å²) in [6, 6.07) is 10.5. The zero-order chi connectivity index (χ0) is 62.8. The zero-order valence-corrected chi connectivity index (χ0v) is 47.9. The van der Waals surface area contributed by atoms with E-state index >= 15 is 0 Å². The summed E-state index contributed by atoms with van der Waals surface area (Å²) in [4.78, 5) is 149. The van der Waals surface area contributed by atoms with Crippen LogP contribution in [0.15, 0.2) is 85.1 Å². The van der Waals surface area contributed by atoms with Crippen molar-refractivity contribution in [3.8, 4) is 5.75 Å². The van der Waals surface area contributed by atoms with Gasteiger partial charge in [-0.25, -0.2) is 10.2 Å². The number of H-pyrrole nitrogens is 1. The summed E-state index contributed by atoms with van der Waals surface area (Å²) in [5.41, 5.74) is 18.2. The second kappa shape index (κ2) is 34.0. The van der Waals surface area contributed by atoms with Crippen molar-refractivity contribution in [2.24, 2.45) is 17.4 Å². The molecular weight excluding hydrogens is 1100 g/mol. The maximum Gasteiger partial charge on any atom is 0.334 e. The van der Waals surface area contributed by atoms with Gasteiger partial charge in [0.2, 0.25) is 53.2 Å². The first-order chi connectivity index (χ1) is 40.3. The van der Waals surface area contributed by atoms with E-state index in [1.165, 1.54) is 19.1 Å². The van der Waals surface area contributed by atoms with Crippen LogP contribution in [-0.4, -0.2) is 155 Å². The van der Waals surface area contributed by atoms with E-state index in [0.29, 0.717) is 16.7 Å². The molecule has 3 aromatic carbocycles. The van der Waals surface area contributed by atoms with Crippen molar-refractivity contribution in [3.05, 3.63) is 102 Å². The molecule has 12 amide bonds. The lowest BCUT2D eigenvalue weighted by Crippen LogP contribution is -2.62. The number of urea groups is 1. The van der Waals surface area contributed by atoms with Crippen molar-refractivity contribution in [2.45, 2.75) is 127 Å². The molecule has 460 valence electrons. The van der Waals surface area contributed by atoms with Gasteiger partial charge in [0.1, 0.15) is 48.0 Å². The van der Waals surface area contributed by atoms with Gasteiger partial charge in [-0.05, 0) is 67.0 Å². The molecule has 0 aliphatic rings. The molecule has 20 N–H and O–H groups in total. The Morgan fingerprint density at radius 2 is 1.20 bits per heavy atom. The molecule has 0 saturated heterocycles. The van der Waals surface area contributed by atoms with Gasteiger partial charge in [-0.2, -0.15) is 0 Å². The highest BCUT2D eigenvalue weighted by Gasteiger charge is 2.35. The summed E-state index contributed by atoms with van der Waals surface area (Å²) in [7, 11) is 1.54. The van der Waals surface area contributed by atoms with E-state index in [4.69, 9.17) is 16.9 Å². The normalized spacial score (nSPS) is 13.7. The van der Waals surface area contributed by atoms with Crippen molar-refractivity contribution in [3.63, 3.8) is 0 Å². The van der Waals surface area contributed by atoms with Crippen LogP contribution in [0.5, 0.6) is 5.75 Å². The number of guanidine groups is 1. The number of amides is 12. The maximum atomic E-state index is 14.1. The van der Waals surface area contributed by atoms with Gasteiger partial charge in [0.25, 0.3) is 5.91 Å². The number of aliphatic hydroxyl groups excluding tert-OH is 1. The Labute approximate surface area is 490 Å². The Kier molecular flexibility index (Phi) is 27.0. The number of carbonyl (C=O) groups excluding carboxylic acids is 11. The van der Waals surface area contributed by atoms with Crippen molar-refractivity contribution in [2.75, 3.05) is 20.1 Å². The number of aromatic amines is 1. The van der Waals surface area contributed by atoms with Crippen molar-refractivity contribution in [1.29, 1.82) is 5.41 Å². The number of primary amides is 2. The number of phenolic OH excluding ortho intramolecular Hbond substituents is 1. The van der Waals surface area contributed by atoms with Crippen LogP contribution in [0, 0.1) is 11.3 Å². The quantitative estimate of drug-likeness (QED) is 0.0103. The number of benzene rings is 3. The lowest BCUT2D eigenvalue weighted by molar-refractivity contribution is -0.136. The van der Waals surface area contributed by atoms with Gasteiger partial charge in [-0.15, -0.1) is 0 Å². The predicted molar refractivity (Wildman–Crippen MR) is 311 cm³/mol. The molecule has 0 spiro atoms. The van der Waals surface area contributed by atoms with Crippen LogP contribution in [0.3, 0.4) is 0 Å². The average Bonchev–Trinajstić information content (AvgIpc) is 3.34. The number of para-hydroxylation sites is 1. The van der Waals surface area contributed by atoms with Gasteiger partial charge in [0.15, 0.2) is 5.96 Å². The van der Waals surface area contributed by atoms with Gasteiger partial charge in [-0.1, -0.05) is 74.5 Å². The lowest BCUT2D eigenvalue weighted by Gasteiger charge is -2.27. The number of phenols is 1. The molecule has 4 rings (SSSR count). The molecule has 0 aliphatic heterocycles. The topological polar surface area (TPSA) is 464 Å². The molecule has 8 atom stereocenters. The molecule has 85 heavy (non-hydrogen) atoms. The van der Waals surface area contributed by atoms with E-state index in [9.17, 15) is 63.0 Å². The van der Waals surface area contributed by atoms with Gasteiger partial charge in [0.05, 0.1) is 12.5 Å². The van der Waals surface area contributed by atoms with E-state index in [2.05, 4.69) is 69.0 Å². The largest absolute Gasteiger partial charge is 0.508 e. The van der Waals surface area contributed by atoms with Crippen LogP contribution < -0.4 is 75.5 Å². The van der Waals surface area contributed by atoms with E-state index in [0.717, 1.165) is 17.8 Å². The molecule has 1 unspecified atom stereocenters. The summed E-state index contributed by atoms with van der Waals surface area (Å²) in [6.45, 7) is 5.81. The summed E-state index contributed by atoms with van der Waals surface area (Å²) in [6.07, 6.45) is -1.05.